The fourth-order valence-electron chi connectivity index (χ4n) is 4.79. The lowest BCUT2D eigenvalue weighted by molar-refractivity contribution is -0.0337. The number of aliphatic hydroxyl groups excluding tert-OH is 1. The zero-order valence-electron chi connectivity index (χ0n) is 17.3. The van der Waals surface area contributed by atoms with Crippen molar-refractivity contribution in [2.45, 2.75) is 31.9 Å². The summed E-state index contributed by atoms with van der Waals surface area (Å²) >= 11 is 0. The maximum atomic E-state index is 13.7. The van der Waals surface area contributed by atoms with Gasteiger partial charge in [0.05, 0.1) is 18.8 Å². The molecule has 2 saturated heterocycles. The van der Waals surface area contributed by atoms with Crippen LogP contribution in [0.15, 0.2) is 42.7 Å². The molecule has 1 atom stereocenters. The van der Waals surface area contributed by atoms with Gasteiger partial charge in [-0.05, 0) is 67.6 Å². The lowest BCUT2D eigenvalue weighted by atomic mass is 9.71. The highest BCUT2D eigenvalue weighted by Crippen LogP contribution is 2.40. The maximum absolute atomic E-state index is 13.7. The maximum Gasteiger partial charge on any atom is 0.255 e. The first-order valence-electron chi connectivity index (χ1n) is 10.4. The Hall–Kier alpha value is -2.51. The van der Waals surface area contributed by atoms with Gasteiger partial charge in [0.2, 0.25) is 0 Å². The third kappa shape index (κ3) is 4.47. The van der Waals surface area contributed by atoms with Crippen LogP contribution in [0.4, 0.5) is 4.39 Å². The number of amides is 1. The van der Waals surface area contributed by atoms with Gasteiger partial charge in [-0.3, -0.25) is 14.7 Å². The molecule has 30 heavy (non-hydrogen) atoms. The van der Waals surface area contributed by atoms with Gasteiger partial charge in [0.1, 0.15) is 0 Å². The summed E-state index contributed by atoms with van der Waals surface area (Å²) in [7, 11) is 1.47. The number of hydrogen-bond acceptors (Lipinski definition) is 5. The van der Waals surface area contributed by atoms with Crippen LogP contribution in [0.25, 0.3) is 0 Å². The minimum absolute atomic E-state index is 0.0630. The Labute approximate surface area is 176 Å². The van der Waals surface area contributed by atoms with Crippen molar-refractivity contribution in [3.63, 3.8) is 0 Å². The quantitative estimate of drug-likeness (QED) is 0.835. The fourth-order valence-corrected chi connectivity index (χ4v) is 4.79. The summed E-state index contributed by atoms with van der Waals surface area (Å²) in [4.78, 5) is 21.1. The standard InChI is InChI=1S/C23H28FN3O3/c1-30-21-11-17(4-5-20(21)24)14-26-9-6-23(7-10-26)12-19(28)15-27(16-23)22(29)18-3-2-8-25-13-18/h2-5,8,11,13,19,28H,6-7,9-10,12,14-16H2,1H3. The number of halogens is 1. The van der Waals surface area contributed by atoms with Gasteiger partial charge < -0.3 is 14.7 Å². The Morgan fingerprint density at radius 1 is 1.33 bits per heavy atom. The summed E-state index contributed by atoms with van der Waals surface area (Å²) in [5, 5.41) is 10.5. The molecule has 7 heteroatoms. The third-order valence-corrected chi connectivity index (χ3v) is 6.36. The Kier molecular flexibility index (Phi) is 6.01. The normalized spacial score (nSPS) is 21.6. The van der Waals surface area contributed by atoms with E-state index in [0.717, 1.165) is 44.5 Å². The number of pyridine rings is 1. The molecule has 160 valence electrons. The molecule has 6 nitrogen and oxygen atoms in total. The van der Waals surface area contributed by atoms with Crippen LogP contribution < -0.4 is 4.74 Å². The molecule has 1 spiro atoms. The summed E-state index contributed by atoms with van der Waals surface area (Å²) in [6.45, 7) is 3.51. The van der Waals surface area contributed by atoms with Crippen molar-refractivity contribution < 1.29 is 19.0 Å². The zero-order chi connectivity index (χ0) is 21.1. The van der Waals surface area contributed by atoms with E-state index in [0.29, 0.717) is 18.7 Å². The average molecular weight is 413 g/mol. The lowest BCUT2D eigenvalue weighted by Crippen LogP contribution is -2.55. The topological polar surface area (TPSA) is 65.9 Å². The van der Waals surface area contributed by atoms with Crippen molar-refractivity contribution >= 4 is 5.91 Å². The predicted octanol–water partition coefficient (Wildman–Crippen LogP) is 2.72. The molecule has 1 aromatic carbocycles. The van der Waals surface area contributed by atoms with E-state index in [2.05, 4.69) is 9.88 Å². The molecule has 4 rings (SSSR count). The van der Waals surface area contributed by atoms with Crippen LogP contribution in [0.2, 0.25) is 0 Å². The number of benzene rings is 1. The van der Waals surface area contributed by atoms with Crippen molar-refractivity contribution in [2.75, 3.05) is 33.3 Å². The third-order valence-electron chi connectivity index (χ3n) is 6.36. The molecule has 0 aliphatic carbocycles. The number of aromatic nitrogens is 1. The summed E-state index contributed by atoms with van der Waals surface area (Å²) in [5.74, 6) is -0.156. The Balaban J connectivity index is 1.39. The van der Waals surface area contributed by atoms with E-state index in [-0.39, 0.29) is 22.9 Å². The number of piperidine rings is 2. The van der Waals surface area contributed by atoms with E-state index in [9.17, 15) is 14.3 Å². The van der Waals surface area contributed by atoms with Crippen molar-refractivity contribution in [3.8, 4) is 5.75 Å². The highest BCUT2D eigenvalue weighted by atomic mass is 19.1. The smallest absolute Gasteiger partial charge is 0.255 e. The van der Waals surface area contributed by atoms with Crippen LogP contribution in [0, 0.1) is 11.2 Å². The first-order chi connectivity index (χ1) is 14.5. The van der Waals surface area contributed by atoms with Gasteiger partial charge in [0.15, 0.2) is 11.6 Å². The first kappa shape index (κ1) is 20.8. The molecule has 2 fully saturated rings. The number of carbonyl (C=O) groups is 1. The van der Waals surface area contributed by atoms with Gasteiger partial charge in [-0.15, -0.1) is 0 Å². The molecule has 2 aliphatic rings. The number of rotatable bonds is 4. The van der Waals surface area contributed by atoms with Crippen molar-refractivity contribution in [1.29, 1.82) is 0 Å². The number of β-amino-alcohol motifs (C(OH)–C–C–N with tert-alkyl or cyclic N) is 1. The number of nitrogens with zero attached hydrogens (tertiary/aromatic N) is 3. The largest absolute Gasteiger partial charge is 0.494 e. The van der Waals surface area contributed by atoms with E-state index in [1.165, 1.54) is 13.2 Å². The molecule has 1 amide bonds. The van der Waals surface area contributed by atoms with Crippen molar-refractivity contribution in [3.05, 3.63) is 59.7 Å². The molecule has 0 bridgehead atoms. The highest BCUT2D eigenvalue weighted by Gasteiger charge is 2.43. The lowest BCUT2D eigenvalue weighted by Gasteiger charge is -2.49. The minimum Gasteiger partial charge on any atom is -0.494 e. The molecular weight excluding hydrogens is 385 g/mol. The van der Waals surface area contributed by atoms with Crippen LogP contribution in [0.3, 0.4) is 0 Å². The minimum atomic E-state index is -0.507. The number of methoxy groups -OCH3 is 1. The van der Waals surface area contributed by atoms with Gasteiger partial charge >= 0.3 is 0 Å². The molecule has 0 radical (unpaired) electrons. The van der Waals surface area contributed by atoms with E-state index in [1.54, 1.807) is 41.6 Å². The zero-order valence-corrected chi connectivity index (χ0v) is 17.3. The number of likely N-dealkylation sites (tertiary alicyclic amines) is 2. The van der Waals surface area contributed by atoms with Crippen LogP contribution in [-0.2, 0) is 6.54 Å². The number of carbonyl (C=O) groups excluding carboxylic acids is 1. The van der Waals surface area contributed by atoms with Gasteiger partial charge in [-0.1, -0.05) is 6.07 Å². The Morgan fingerprint density at radius 2 is 2.13 bits per heavy atom. The van der Waals surface area contributed by atoms with Crippen LogP contribution in [0.5, 0.6) is 5.75 Å². The first-order valence-corrected chi connectivity index (χ1v) is 10.4. The monoisotopic (exact) mass is 413 g/mol. The van der Waals surface area contributed by atoms with Crippen molar-refractivity contribution in [1.82, 2.24) is 14.8 Å². The number of aliphatic hydroxyl groups is 1. The summed E-state index contributed by atoms with van der Waals surface area (Å²) in [6, 6.07) is 8.51. The SMILES string of the molecule is COc1cc(CN2CCC3(CC2)CC(O)CN(C(=O)c2cccnc2)C3)ccc1F. The average Bonchev–Trinajstić information content (AvgIpc) is 2.76. The summed E-state index contributed by atoms with van der Waals surface area (Å²) in [6.07, 6.45) is 5.28. The van der Waals surface area contributed by atoms with Gasteiger partial charge in [-0.25, -0.2) is 4.39 Å². The van der Waals surface area contributed by atoms with E-state index < -0.39 is 6.10 Å². The van der Waals surface area contributed by atoms with Crippen molar-refractivity contribution in [2.24, 2.45) is 5.41 Å². The molecule has 1 unspecified atom stereocenters. The molecular formula is C23H28FN3O3. The number of ether oxygens (including phenoxy) is 1. The second-order valence-corrected chi connectivity index (χ2v) is 8.53. The molecule has 2 aliphatic heterocycles. The Morgan fingerprint density at radius 3 is 2.83 bits per heavy atom. The van der Waals surface area contributed by atoms with Crippen LogP contribution >= 0.6 is 0 Å². The predicted molar refractivity (Wildman–Crippen MR) is 111 cm³/mol. The molecule has 3 heterocycles. The van der Waals surface area contributed by atoms with E-state index in [1.807, 2.05) is 0 Å². The molecule has 1 aromatic heterocycles. The van der Waals surface area contributed by atoms with E-state index in [4.69, 9.17) is 4.74 Å². The van der Waals surface area contributed by atoms with Crippen LogP contribution in [-0.4, -0.2) is 65.2 Å². The molecule has 2 aromatic rings. The highest BCUT2D eigenvalue weighted by molar-refractivity contribution is 5.94. The van der Waals surface area contributed by atoms with Crippen LogP contribution in [0.1, 0.15) is 35.2 Å². The van der Waals surface area contributed by atoms with E-state index >= 15 is 0 Å². The fraction of sp³-hybridized carbons (Fsp3) is 0.478. The van der Waals surface area contributed by atoms with Gasteiger partial charge in [0, 0.05) is 32.0 Å². The second kappa shape index (κ2) is 8.70. The van der Waals surface area contributed by atoms with Gasteiger partial charge in [-0.2, -0.15) is 0 Å². The second-order valence-electron chi connectivity index (χ2n) is 8.53. The number of hydrogen-bond donors (Lipinski definition) is 1. The van der Waals surface area contributed by atoms with Gasteiger partial charge in [0.25, 0.3) is 5.91 Å². The summed E-state index contributed by atoms with van der Waals surface area (Å²) in [5.41, 5.74) is 1.51. The summed E-state index contributed by atoms with van der Waals surface area (Å²) < 4.78 is 18.7. The molecule has 0 saturated carbocycles. The Bertz CT molecular complexity index is 885. The molecule has 1 N–H and O–H groups in total.